The number of hydrogen-bond acceptors (Lipinski definition) is 5. The van der Waals surface area contributed by atoms with Gasteiger partial charge in [0.25, 0.3) is 5.91 Å². The van der Waals surface area contributed by atoms with E-state index in [1.54, 1.807) is 4.90 Å². The third kappa shape index (κ3) is 5.23. The van der Waals surface area contributed by atoms with Crippen molar-refractivity contribution in [3.8, 4) is 0 Å². The molecule has 1 unspecified atom stereocenters. The van der Waals surface area contributed by atoms with Gasteiger partial charge in [-0.3, -0.25) is 30.1 Å². The van der Waals surface area contributed by atoms with Gasteiger partial charge in [0.2, 0.25) is 11.8 Å². The Morgan fingerprint density at radius 3 is 2.68 bits per heavy atom. The molecule has 8 nitrogen and oxygen atoms in total. The average molecular weight is 271 g/mol. The van der Waals surface area contributed by atoms with E-state index in [2.05, 4.69) is 21.5 Å². The van der Waals surface area contributed by atoms with Gasteiger partial charge in [-0.15, -0.1) is 0 Å². The number of nitrogens with zero attached hydrogens (tertiary/aromatic N) is 1. The van der Waals surface area contributed by atoms with Gasteiger partial charge in [-0.1, -0.05) is 0 Å². The van der Waals surface area contributed by atoms with Gasteiger partial charge in [0.1, 0.15) is 6.04 Å². The van der Waals surface area contributed by atoms with Crippen LogP contribution in [0.4, 0.5) is 0 Å². The zero-order chi connectivity index (χ0) is 14.3. The maximum Gasteiger partial charge on any atom is 0.252 e. The highest BCUT2D eigenvalue weighted by Gasteiger charge is 2.29. The molecule has 1 fully saturated rings. The van der Waals surface area contributed by atoms with Crippen molar-refractivity contribution in [2.24, 2.45) is 0 Å². The van der Waals surface area contributed by atoms with Crippen LogP contribution in [-0.4, -0.2) is 61.4 Å². The lowest BCUT2D eigenvalue weighted by Crippen LogP contribution is -2.60. The fourth-order valence-electron chi connectivity index (χ4n) is 1.87. The monoisotopic (exact) mass is 271 g/mol. The van der Waals surface area contributed by atoms with Crippen LogP contribution in [0.3, 0.4) is 0 Å². The lowest BCUT2D eigenvalue weighted by molar-refractivity contribution is -0.132. The van der Waals surface area contributed by atoms with E-state index in [-0.39, 0.29) is 30.3 Å². The summed E-state index contributed by atoms with van der Waals surface area (Å²) in [6.07, 6.45) is 0. The molecule has 0 spiro atoms. The van der Waals surface area contributed by atoms with Gasteiger partial charge in [0.15, 0.2) is 0 Å². The van der Waals surface area contributed by atoms with Crippen LogP contribution in [0, 0.1) is 0 Å². The Bertz CT molecular complexity index is 347. The van der Waals surface area contributed by atoms with E-state index in [0.717, 1.165) is 6.54 Å². The summed E-state index contributed by atoms with van der Waals surface area (Å²) in [5.74, 6) is -0.776. The number of rotatable bonds is 4. The molecule has 4 N–H and O–H groups in total. The summed E-state index contributed by atoms with van der Waals surface area (Å²) < 4.78 is 0. The van der Waals surface area contributed by atoms with Gasteiger partial charge >= 0.3 is 0 Å². The maximum absolute atomic E-state index is 11.9. The Hall–Kier alpha value is -1.67. The van der Waals surface area contributed by atoms with Crippen LogP contribution in [0.25, 0.3) is 0 Å². The molecule has 0 aromatic heterocycles. The minimum absolute atomic E-state index is 0.0732. The van der Waals surface area contributed by atoms with Gasteiger partial charge in [-0.2, -0.15) is 0 Å². The van der Waals surface area contributed by atoms with E-state index in [1.807, 2.05) is 6.92 Å². The van der Waals surface area contributed by atoms with Gasteiger partial charge in [0.05, 0.1) is 6.54 Å². The van der Waals surface area contributed by atoms with E-state index in [0.29, 0.717) is 19.6 Å². The van der Waals surface area contributed by atoms with E-state index in [1.165, 1.54) is 6.92 Å². The van der Waals surface area contributed by atoms with Crippen molar-refractivity contribution in [1.82, 2.24) is 26.4 Å². The summed E-state index contributed by atoms with van der Waals surface area (Å²) in [6.45, 7) is 5.63. The zero-order valence-corrected chi connectivity index (χ0v) is 11.3. The van der Waals surface area contributed by atoms with Crippen molar-refractivity contribution in [3.05, 3.63) is 0 Å². The van der Waals surface area contributed by atoms with Crippen LogP contribution >= 0.6 is 0 Å². The van der Waals surface area contributed by atoms with Crippen molar-refractivity contribution in [1.29, 1.82) is 0 Å². The summed E-state index contributed by atoms with van der Waals surface area (Å²) in [5.41, 5.74) is 4.51. The molecule has 1 heterocycles. The molecule has 0 aromatic carbocycles. The van der Waals surface area contributed by atoms with Gasteiger partial charge in [-0.25, -0.2) is 0 Å². The molecule has 108 valence electrons. The fraction of sp³-hybridized carbons (Fsp3) is 0.727. The fourth-order valence-corrected chi connectivity index (χ4v) is 1.87. The zero-order valence-electron chi connectivity index (χ0n) is 11.3. The topological polar surface area (TPSA) is 103 Å². The molecular formula is C11H21N5O3. The summed E-state index contributed by atoms with van der Waals surface area (Å²) in [6, 6.07) is -0.364. The molecule has 3 amide bonds. The molecule has 1 aliphatic rings. The van der Waals surface area contributed by atoms with Crippen LogP contribution in [-0.2, 0) is 14.4 Å². The highest BCUT2D eigenvalue weighted by atomic mass is 16.2. The van der Waals surface area contributed by atoms with E-state index in [9.17, 15) is 14.4 Å². The van der Waals surface area contributed by atoms with Gasteiger partial charge in [-0.05, 0) is 6.92 Å². The van der Waals surface area contributed by atoms with Gasteiger partial charge in [0, 0.05) is 33.1 Å². The first-order valence-corrected chi connectivity index (χ1v) is 6.32. The van der Waals surface area contributed by atoms with Gasteiger partial charge < -0.3 is 10.6 Å². The largest absolute Gasteiger partial charge is 0.355 e. The van der Waals surface area contributed by atoms with E-state index < -0.39 is 0 Å². The molecule has 0 bridgehead atoms. The van der Waals surface area contributed by atoms with E-state index >= 15 is 0 Å². The quantitative estimate of drug-likeness (QED) is 0.426. The Morgan fingerprint density at radius 1 is 1.32 bits per heavy atom. The third-order valence-corrected chi connectivity index (χ3v) is 2.73. The molecule has 1 saturated heterocycles. The number of carbonyl (C=O) groups is 3. The molecule has 1 aliphatic heterocycles. The second kappa shape index (κ2) is 7.70. The average Bonchev–Trinajstić information content (AvgIpc) is 2.37. The van der Waals surface area contributed by atoms with Crippen LogP contribution in [0.1, 0.15) is 13.8 Å². The molecule has 0 radical (unpaired) electrons. The SMILES string of the molecule is CCNC(=O)C1CNCCN1CC(=O)NNC(C)=O. The minimum Gasteiger partial charge on any atom is -0.355 e. The molecule has 1 atom stereocenters. The highest BCUT2D eigenvalue weighted by Crippen LogP contribution is 2.03. The second-order valence-corrected chi connectivity index (χ2v) is 4.31. The number of hydrogen-bond donors (Lipinski definition) is 4. The Balaban J connectivity index is 2.50. The third-order valence-electron chi connectivity index (χ3n) is 2.73. The smallest absolute Gasteiger partial charge is 0.252 e. The molecular weight excluding hydrogens is 250 g/mol. The first kappa shape index (κ1) is 15.4. The second-order valence-electron chi connectivity index (χ2n) is 4.31. The van der Waals surface area contributed by atoms with Crippen molar-refractivity contribution >= 4 is 17.7 Å². The lowest BCUT2D eigenvalue weighted by atomic mass is 10.1. The molecule has 19 heavy (non-hydrogen) atoms. The number of likely N-dealkylation sites (N-methyl/N-ethyl adjacent to an activating group) is 1. The molecule has 0 aliphatic carbocycles. The molecule has 8 heteroatoms. The first-order chi connectivity index (χ1) is 9.04. The number of piperazine rings is 1. The van der Waals surface area contributed by atoms with Crippen LogP contribution < -0.4 is 21.5 Å². The molecule has 0 aromatic rings. The summed E-state index contributed by atoms with van der Waals surface area (Å²) in [5, 5.41) is 5.87. The predicted octanol–water partition coefficient (Wildman–Crippen LogP) is -2.44. The van der Waals surface area contributed by atoms with Crippen LogP contribution in [0.5, 0.6) is 0 Å². The van der Waals surface area contributed by atoms with Crippen LogP contribution in [0.15, 0.2) is 0 Å². The lowest BCUT2D eigenvalue weighted by Gasteiger charge is -2.34. The number of hydrazine groups is 1. The molecule has 0 saturated carbocycles. The van der Waals surface area contributed by atoms with Crippen molar-refractivity contribution in [2.45, 2.75) is 19.9 Å². The van der Waals surface area contributed by atoms with Crippen LogP contribution in [0.2, 0.25) is 0 Å². The Kier molecular flexibility index (Phi) is 6.23. The predicted molar refractivity (Wildman–Crippen MR) is 68.9 cm³/mol. The highest BCUT2D eigenvalue weighted by molar-refractivity contribution is 5.85. The number of amides is 3. The summed E-state index contributed by atoms with van der Waals surface area (Å²) >= 11 is 0. The van der Waals surface area contributed by atoms with Crippen molar-refractivity contribution < 1.29 is 14.4 Å². The summed E-state index contributed by atoms with van der Waals surface area (Å²) in [7, 11) is 0. The van der Waals surface area contributed by atoms with Crippen molar-refractivity contribution in [2.75, 3.05) is 32.7 Å². The Morgan fingerprint density at radius 2 is 2.05 bits per heavy atom. The first-order valence-electron chi connectivity index (χ1n) is 6.32. The Labute approximate surface area is 112 Å². The number of nitrogens with one attached hydrogen (secondary N) is 4. The van der Waals surface area contributed by atoms with Crippen molar-refractivity contribution in [3.63, 3.8) is 0 Å². The minimum atomic E-state index is -0.364. The molecule has 1 rings (SSSR count). The maximum atomic E-state index is 11.9. The normalized spacial score (nSPS) is 19.6. The summed E-state index contributed by atoms with van der Waals surface area (Å²) in [4.78, 5) is 36.0. The number of carbonyl (C=O) groups excluding carboxylic acids is 3. The van der Waals surface area contributed by atoms with E-state index in [4.69, 9.17) is 0 Å². The standard InChI is InChI=1S/C11H21N5O3/c1-3-13-11(19)9-6-12-4-5-16(9)7-10(18)15-14-8(2)17/h9,12H,3-7H2,1-2H3,(H,13,19)(H,14,17)(H,15,18).